The maximum Gasteiger partial charge on any atom is 0.134 e. The van der Waals surface area contributed by atoms with Crippen LogP contribution in [0.2, 0.25) is 0 Å². The van der Waals surface area contributed by atoms with Crippen LogP contribution in [0.15, 0.2) is 91.1 Å². The van der Waals surface area contributed by atoms with Crippen LogP contribution in [0.1, 0.15) is 72.8 Å². The van der Waals surface area contributed by atoms with Gasteiger partial charge in [0.1, 0.15) is 6.17 Å². The zero-order chi connectivity index (χ0) is 26.4. The van der Waals surface area contributed by atoms with Crippen LogP contribution in [-0.2, 0) is 11.8 Å². The summed E-state index contributed by atoms with van der Waals surface area (Å²) < 4.78 is 0. The van der Waals surface area contributed by atoms with Crippen molar-refractivity contribution in [3.8, 4) is 11.1 Å². The first-order valence-electron chi connectivity index (χ1n) is 13.9. The molecule has 2 nitrogen and oxygen atoms in total. The van der Waals surface area contributed by atoms with Crippen LogP contribution in [0.5, 0.6) is 0 Å². The molecule has 3 aliphatic rings. The molecule has 4 aromatic carbocycles. The topological polar surface area (TPSA) is 6.48 Å². The van der Waals surface area contributed by atoms with E-state index in [0.29, 0.717) is 0 Å². The lowest BCUT2D eigenvalue weighted by atomic mass is 9.63. The van der Waals surface area contributed by atoms with Crippen LogP contribution in [-0.4, -0.2) is 10.4 Å². The molecule has 190 valence electrons. The van der Waals surface area contributed by atoms with Gasteiger partial charge in [-0.25, -0.2) is 0 Å². The SMILES string of the molecule is Cc1cccc(C)c1C1=CN2C3c4c(cccc4C(C)(C)C2(C)C)-c2cc(Cc4ccccc4)ccc2N13. The number of rotatable bonds is 3. The lowest BCUT2D eigenvalue weighted by Crippen LogP contribution is -2.60. The van der Waals surface area contributed by atoms with Crippen molar-refractivity contribution in [1.29, 1.82) is 0 Å². The summed E-state index contributed by atoms with van der Waals surface area (Å²) in [6.45, 7) is 14.2. The predicted molar refractivity (Wildman–Crippen MR) is 159 cm³/mol. The minimum Gasteiger partial charge on any atom is -0.345 e. The average Bonchev–Trinajstić information content (AvgIpc) is 3.29. The van der Waals surface area contributed by atoms with E-state index < -0.39 is 0 Å². The lowest BCUT2D eigenvalue weighted by Gasteiger charge is -2.58. The van der Waals surface area contributed by atoms with Crippen LogP contribution in [0.4, 0.5) is 5.69 Å². The first-order chi connectivity index (χ1) is 18.2. The number of fused-ring (bicyclic) bond motifs is 3. The first-order valence-corrected chi connectivity index (χ1v) is 13.9. The van der Waals surface area contributed by atoms with E-state index in [9.17, 15) is 0 Å². The van der Waals surface area contributed by atoms with Crippen molar-refractivity contribution in [2.45, 2.75) is 65.1 Å². The quantitative estimate of drug-likeness (QED) is 0.280. The highest BCUT2D eigenvalue weighted by Gasteiger charge is 2.56. The van der Waals surface area contributed by atoms with Gasteiger partial charge in [-0.1, -0.05) is 86.6 Å². The number of benzene rings is 4. The van der Waals surface area contributed by atoms with Crippen LogP contribution in [0, 0.1) is 13.8 Å². The Balaban J connectivity index is 1.51. The third-order valence-corrected chi connectivity index (χ3v) is 9.84. The molecule has 0 saturated carbocycles. The highest BCUT2D eigenvalue weighted by Crippen LogP contribution is 2.62. The number of hydrogen-bond acceptors (Lipinski definition) is 2. The van der Waals surface area contributed by atoms with Gasteiger partial charge in [-0.15, -0.1) is 0 Å². The summed E-state index contributed by atoms with van der Waals surface area (Å²) in [5, 5.41) is 0. The number of hydrogen-bond donors (Lipinski definition) is 0. The Kier molecular flexibility index (Phi) is 4.83. The standard InChI is InChI=1S/C36H36N2/c1-23-12-10-13-24(2)32(23)31-22-37-34-33-27(16-11-17-29(33)35(3,4)36(37,5)6)28-21-26(18-19-30(28)38(31)34)20-25-14-8-7-9-15-25/h7-19,21-22,34H,20H2,1-6H3. The molecular formula is C36H36N2. The van der Waals surface area contributed by atoms with E-state index >= 15 is 0 Å². The first kappa shape index (κ1) is 23.3. The molecule has 38 heavy (non-hydrogen) atoms. The van der Waals surface area contributed by atoms with Gasteiger partial charge in [-0.3, -0.25) is 0 Å². The van der Waals surface area contributed by atoms with Crippen LogP contribution >= 0.6 is 0 Å². The number of aryl methyl sites for hydroxylation is 2. The van der Waals surface area contributed by atoms with Gasteiger partial charge >= 0.3 is 0 Å². The molecule has 7 rings (SSSR count). The fraction of sp³-hybridized carbons (Fsp3) is 0.278. The highest BCUT2D eigenvalue weighted by atomic mass is 15.4. The minimum atomic E-state index is -0.0648. The van der Waals surface area contributed by atoms with E-state index in [-0.39, 0.29) is 17.1 Å². The van der Waals surface area contributed by atoms with Crippen LogP contribution < -0.4 is 4.90 Å². The molecule has 0 saturated heterocycles. The monoisotopic (exact) mass is 496 g/mol. The molecule has 0 bridgehead atoms. The van der Waals surface area contributed by atoms with E-state index in [1.165, 1.54) is 61.5 Å². The number of anilines is 1. The molecule has 0 fully saturated rings. The van der Waals surface area contributed by atoms with E-state index in [0.717, 1.165) is 6.42 Å². The summed E-state index contributed by atoms with van der Waals surface area (Å²) in [6.07, 6.45) is 3.57. The zero-order valence-corrected chi connectivity index (χ0v) is 23.3. The van der Waals surface area contributed by atoms with Gasteiger partial charge in [0.05, 0.1) is 11.4 Å². The summed E-state index contributed by atoms with van der Waals surface area (Å²) in [5.41, 5.74) is 14.9. The van der Waals surface area contributed by atoms with Gasteiger partial charge in [0.15, 0.2) is 0 Å². The molecule has 0 radical (unpaired) electrons. The summed E-state index contributed by atoms with van der Waals surface area (Å²) in [6, 6.07) is 31.7. The van der Waals surface area contributed by atoms with E-state index in [2.05, 4.69) is 142 Å². The van der Waals surface area contributed by atoms with Crippen molar-refractivity contribution in [2.75, 3.05) is 4.90 Å². The lowest BCUT2D eigenvalue weighted by molar-refractivity contribution is 0.0529. The molecule has 4 aromatic rings. The molecule has 0 N–H and O–H groups in total. The van der Waals surface area contributed by atoms with Crippen molar-refractivity contribution >= 4 is 11.4 Å². The van der Waals surface area contributed by atoms with Gasteiger partial charge in [0, 0.05) is 33.8 Å². The predicted octanol–water partition coefficient (Wildman–Crippen LogP) is 8.76. The highest BCUT2D eigenvalue weighted by molar-refractivity contribution is 5.96. The normalized spacial score (nSPS) is 19.6. The Morgan fingerprint density at radius 3 is 2.16 bits per heavy atom. The third kappa shape index (κ3) is 3.01. The molecule has 0 aliphatic carbocycles. The summed E-state index contributed by atoms with van der Waals surface area (Å²) in [7, 11) is 0. The second-order valence-electron chi connectivity index (χ2n) is 12.4. The fourth-order valence-electron chi connectivity index (χ4n) is 7.15. The van der Waals surface area contributed by atoms with Crippen molar-refractivity contribution in [2.24, 2.45) is 0 Å². The second-order valence-corrected chi connectivity index (χ2v) is 12.4. The number of nitrogens with zero attached hydrogens (tertiary/aromatic N) is 2. The Morgan fingerprint density at radius 2 is 1.42 bits per heavy atom. The average molecular weight is 497 g/mol. The van der Waals surface area contributed by atoms with Gasteiger partial charge < -0.3 is 9.80 Å². The summed E-state index contributed by atoms with van der Waals surface area (Å²) >= 11 is 0. The van der Waals surface area contributed by atoms with Gasteiger partial charge in [-0.05, 0) is 79.6 Å². The molecular weight excluding hydrogens is 460 g/mol. The van der Waals surface area contributed by atoms with Crippen molar-refractivity contribution in [1.82, 2.24) is 4.90 Å². The Hall–Kier alpha value is -3.78. The van der Waals surface area contributed by atoms with Gasteiger partial charge in [0.2, 0.25) is 0 Å². The largest absolute Gasteiger partial charge is 0.345 e. The zero-order valence-electron chi connectivity index (χ0n) is 23.3. The second kappa shape index (κ2) is 7.86. The van der Waals surface area contributed by atoms with Crippen molar-refractivity contribution in [3.63, 3.8) is 0 Å². The summed E-state index contributed by atoms with van der Waals surface area (Å²) in [5.74, 6) is 0. The molecule has 3 aliphatic heterocycles. The smallest absolute Gasteiger partial charge is 0.134 e. The van der Waals surface area contributed by atoms with Crippen molar-refractivity contribution in [3.05, 3.63) is 130 Å². The molecule has 0 spiro atoms. The van der Waals surface area contributed by atoms with Crippen molar-refractivity contribution < 1.29 is 0 Å². The van der Waals surface area contributed by atoms with Gasteiger partial charge in [-0.2, -0.15) is 0 Å². The fourth-order valence-corrected chi connectivity index (χ4v) is 7.15. The maximum atomic E-state index is 2.65. The minimum absolute atomic E-state index is 0.0214. The Bertz CT molecular complexity index is 1600. The van der Waals surface area contributed by atoms with E-state index in [4.69, 9.17) is 0 Å². The van der Waals surface area contributed by atoms with Crippen LogP contribution in [0.3, 0.4) is 0 Å². The molecule has 0 amide bonds. The van der Waals surface area contributed by atoms with Gasteiger partial charge in [0.25, 0.3) is 0 Å². The maximum absolute atomic E-state index is 2.65. The van der Waals surface area contributed by atoms with E-state index in [1.807, 2.05) is 0 Å². The molecule has 3 heterocycles. The molecule has 1 atom stereocenters. The Morgan fingerprint density at radius 1 is 0.711 bits per heavy atom. The third-order valence-electron chi connectivity index (χ3n) is 9.84. The molecule has 0 aromatic heterocycles. The summed E-state index contributed by atoms with van der Waals surface area (Å²) in [4.78, 5) is 5.29. The molecule has 1 unspecified atom stereocenters. The Labute approximate surface area is 227 Å². The van der Waals surface area contributed by atoms with Crippen LogP contribution in [0.25, 0.3) is 16.8 Å². The molecule has 2 heteroatoms. The van der Waals surface area contributed by atoms with E-state index in [1.54, 1.807) is 0 Å².